The number of halogens is 1. The topological polar surface area (TPSA) is 61.9 Å². The van der Waals surface area contributed by atoms with Crippen LogP contribution in [0.25, 0.3) is 0 Å². The van der Waals surface area contributed by atoms with Gasteiger partial charge in [-0.15, -0.1) is 0 Å². The lowest BCUT2D eigenvalue weighted by Gasteiger charge is -2.31. The molecule has 2 amide bonds. The molecule has 0 saturated heterocycles. The van der Waals surface area contributed by atoms with Crippen molar-refractivity contribution in [1.82, 2.24) is 4.90 Å². The van der Waals surface area contributed by atoms with Gasteiger partial charge in [0.05, 0.1) is 6.04 Å². The van der Waals surface area contributed by atoms with E-state index in [1.165, 1.54) is 31.4 Å². The predicted octanol–water partition coefficient (Wildman–Crippen LogP) is 4.88. The number of rotatable bonds is 9. The molecule has 0 aromatic heterocycles. The van der Waals surface area contributed by atoms with Gasteiger partial charge in [-0.3, -0.25) is 9.59 Å². The van der Waals surface area contributed by atoms with Crippen molar-refractivity contribution in [1.29, 1.82) is 0 Å². The Bertz CT molecular complexity index is 1120. The lowest BCUT2D eigenvalue weighted by atomic mass is 10.0. The van der Waals surface area contributed by atoms with Crippen molar-refractivity contribution in [3.63, 3.8) is 0 Å². The van der Waals surface area contributed by atoms with Crippen molar-refractivity contribution >= 4 is 23.2 Å². The molecule has 3 aromatic carbocycles. The fourth-order valence-electron chi connectivity index (χ4n) is 3.79. The molecule has 3 rings (SSSR count). The zero-order valence-corrected chi connectivity index (χ0v) is 19.9. The third kappa shape index (κ3) is 6.20. The molecule has 0 spiro atoms. The van der Waals surface area contributed by atoms with Crippen molar-refractivity contribution in [3.8, 4) is 0 Å². The van der Waals surface area contributed by atoms with Gasteiger partial charge in [-0.2, -0.15) is 0 Å². The monoisotopic (exact) mass is 463 g/mol. The van der Waals surface area contributed by atoms with Crippen molar-refractivity contribution in [3.05, 3.63) is 95.3 Å². The summed E-state index contributed by atoms with van der Waals surface area (Å²) in [5, 5.41) is 2.82. The summed E-state index contributed by atoms with van der Waals surface area (Å²) in [6, 6.07) is 20.7. The van der Waals surface area contributed by atoms with Gasteiger partial charge >= 0.3 is 0 Å². The number of anilines is 2. The summed E-state index contributed by atoms with van der Waals surface area (Å²) in [6.45, 7) is 2.20. The molecule has 1 atom stereocenters. The van der Waals surface area contributed by atoms with E-state index in [0.29, 0.717) is 11.3 Å². The van der Waals surface area contributed by atoms with E-state index < -0.39 is 5.82 Å². The molecule has 178 valence electrons. The van der Waals surface area contributed by atoms with Crippen LogP contribution in [0.5, 0.6) is 0 Å². The minimum atomic E-state index is -0.395. The first-order valence-electron chi connectivity index (χ1n) is 11.0. The van der Waals surface area contributed by atoms with Gasteiger partial charge in [-0.25, -0.2) is 4.39 Å². The average Bonchev–Trinajstić information content (AvgIpc) is 2.83. The third-order valence-corrected chi connectivity index (χ3v) is 5.56. The van der Waals surface area contributed by atoms with E-state index in [9.17, 15) is 14.0 Å². The number of hydrogen-bond donors (Lipinski definition) is 1. The molecule has 0 radical (unpaired) electrons. The largest absolute Gasteiger partial charge is 0.377 e. The fourth-order valence-corrected chi connectivity index (χ4v) is 3.79. The SMILES string of the molecule is COCC(=O)Nc1ccc(N(C)C)c(CN(C(=O)c2ccc(F)cc2)[C@@H](C)c2ccccc2)c1. The summed E-state index contributed by atoms with van der Waals surface area (Å²) >= 11 is 0. The molecule has 0 bridgehead atoms. The van der Waals surface area contributed by atoms with E-state index in [2.05, 4.69) is 5.32 Å². The molecule has 0 aliphatic heterocycles. The second-order valence-electron chi connectivity index (χ2n) is 8.25. The van der Waals surface area contributed by atoms with Gasteiger partial charge in [0.2, 0.25) is 5.91 Å². The number of carbonyl (C=O) groups excluding carboxylic acids is 2. The number of nitrogens with one attached hydrogen (secondary N) is 1. The van der Waals surface area contributed by atoms with Crippen molar-refractivity contribution in [2.45, 2.75) is 19.5 Å². The molecule has 0 aliphatic rings. The van der Waals surface area contributed by atoms with Crippen molar-refractivity contribution in [2.75, 3.05) is 38.0 Å². The Morgan fingerprint density at radius 2 is 1.68 bits per heavy atom. The zero-order valence-electron chi connectivity index (χ0n) is 19.9. The Kier molecular flexibility index (Phi) is 8.38. The highest BCUT2D eigenvalue weighted by molar-refractivity contribution is 5.95. The minimum absolute atomic E-state index is 0.0506. The standard InChI is InChI=1S/C27H30FN3O3/c1-19(20-8-6-5-7-9-20)31(27(33)21-10-12-23(28)13-11-21)17-22-16-24(29-26(32)18-34-4)14-15-25(22)30(2)3/h5-16,19H,17-18H2,1-4H3,(H,29,32)/t19-/m0/s1. The third-order valence-electron chi connectivity index (χ3n) is 5.56. The summed E-state index contributed by atoms with van der Waals surface area (Å²) in [6.07, 6.45) is 0. The van der Waals surface area contributed by atoms with Gasteiger partial charge in [-0.05, 0) is 60.5 Å². The molecule has 0 aliphatic carbocycles. The van der Waals surface area contributed by atoms with Crippen LogP contribution in [0.1, 0.15) is 34.5 Å². The van der Waals surface area contributed by atoms with Crippen LogP contribution in [0.3, 0.4) is 0 Å². The molecular weight excluding hydrogens is 433 g/mol. The number of hydrogen-bond acceptors (Lipinski definition) is 4. The van der Waals surface area contributed by atoms with Gasteiger partial charge < -0.3 is 19.9 Å². The number of nitrogens with zero attached hydrogens (tertiary/aromatic N) is 2. The second kappa shape index (κ2) is 11.4. The number of benzene rings is 3. The van der Waals surface area contributed by atoms with Crippen LogP contribution in [0.15, 0.2) is 72.8 Å². The fraction of sp³-hybridized carbons (Fsp3) is 0.259. The van der Waals surface area contributed by atoms with E-state index >= 15 is 0 Å². The first-order valence-corrected chi connectivity index (χ1v) is 11.0. The number of amides is 2. The summed E-state index contributed by atoms with van der Waals surface area (Å²) in [5.41, 5.74) is 3.78. The Labute approximate surface area is 200 Å². The molecule has 7 heteroatoms. The summed E-state index contributed by atoms with van der Waals surface area (Å²) in [4.78, 5) is 29.4. The summed E-state index contributed by atoms with van der Waals surface area (Å²) in [7, 11) is 5.31. The molecule has 0 unspecified atom stereocenters. The molecule has 0 saturated carbocycles. The maximum Gasteiger partial charge on any atom is 0.254 e. The van der Waals surface area contributed by atoms with Crippen molar-refractivity contribution in [2.24, 2.45) is 0 Å². The summed E-state index contributed by atoms with van der Waals surface area (Å²) < 4.78 is 18.4. The zero-order chi connectivity index (χ0) is 24.7. The van der Waals surface area contributed by atoms with Crippen LogP contribution in [-0.4, -0.2) is 44.5 Å². The Morgan fingerprint density at radius 3 is 2.29 bits per heavy atom. The molecule has 6 nitrogen and oxygen atoms in total. The van der Waals surface area contributed by atoms with Gasteiger partial charge in [0, 0.05) is 44.7 Å². The van der Waals surface area contributed by atoms with Crippen molar-refractivity contribution < 1.29 is 18.7 Å². The number of carbonyl (C=O) groups is 2. The molecule has 34 heavy (non-hydrogen) atoms. The first-order chi connectivity index (χ1) is 16.3. The minimum Gasteiger partial charge on any atom is -0.377 e. The van der Waals surface area contributed by atoms with Crippen LogP contribution >= 0.6 is 0 Å². The van der Waals surface area contributed by atoms with Crippen LogP contribution in [0.2, 0.25) is 0 Å². The summed E-state index contributed by atoms with van der Waals surface area (Å²) in [5.74, 6) is -0.869. The maximum atomic E-state index is 13.6. The number of ether oxygens (including phenoxy) is 1. The molecule has 0 heterocycles. The lowest BCUT2D eigenvalue weighted by molar-refractivity contribution is -0.119. The molecule has 1 N–H and O–H groups in total. The highest BCUT2D eigenvalue weighted by Gasteiger charge is 2.25. The van der Waals surface area contributed by atoms with E-state index in [1.807, 2.05) is 74.4 Å². The van der Waals surface area contributed by atoms with E-state index in [1.54, 1.807) is 4.90 Å². The smallest absolute Gasteiger partial charge is 0.254 e. The molecular formula is C27H30FN3O3. The van der Waals surface area contributed by atoms with Crippen LogP contribution in [0, 0.1) is 5.82 Å². The average molecular weight is 464 g/mol. The highest BCUT2D eigenvalue weighted by Crippen LogP contribution is 2.30. The van der Waals surface area contributed by atoms with Gasteiger partial charge in [0.1, 0.15) is 12.4 Å². The van der Waals surface area contributed by atoms with Gasteiger partial charge in [-0.1, -0.05) is 30.3 Å². The lowest BCUT2D eigenvalue weighted by Crippen LogP contribution is -2.34. The predicted molar refractivity (Wildman–Crippen MR) is 132 cm³/mol. The van der Waals surface area contributed by atoms with E-state index in [0.717, 1.165) is 16.8 Å². The van der Waals surface area contributed by atoms with Crippen LogP contribution < -0.4 is 10.2 Å². The van der Waals surface area contributed by atoms with Gasteiger partial charge in [0.25, 0.3) is 5.91 Å². The highest BCUT2D eigenvalue weighted by atomic mass is 19.1. The molecule has 0 fully saturated rings. The number of methoxy groups -OCH3 is 1. The Hall–Kier alpha value is -3.71. The Balaban J connectivity index is 2.01. The first kappa shape index (κ1) is 24.9. The normalized spacial score (nSPS) is 11.6. The van der Waals surface area contributed by atoms with E-state index in [-0.39, 0.29) is 31.0 Å². The second-order valence-corrected chi connectivity index (χ2v) is 8.25. The van der Waals surface area contributed by atoms with Crippen LogP contribution in [-0.2, 0) is 16.1 Å². The maximum absolute atomic E-state index is 13.6. The quantitative estimate of drug-likeness (QED) is 0.491. The van der Waals surface area contributed by atoms with Crippen LogP contribution in [0.4, 0.5) is 15.8 Å². The molecule has 3 aromatic rings. The van der Waals surface area contributed by atoms with E-state index in [4.69, 9.17) is 4.74 Å². The van der Waals surface area contributed by atoms with Gasteiger partial charge in [0.15, 0.2) is 0 Å². The Morgan fingerprint density at radius 1 is 1.00 bits per heavy atom.